The van der Waals surface area contributed by atoms with Crippen LogP contribution in [0.15, 0.2) is 18.3 Å². The minimum Gasteiger partial charge on any atom is -0.316 e. The molecule has 0 radical (unpaired) electrons. The van der Waals surface area contributed by atoms with Crippen LogP contribution < -0.4 is 5.32 Å². The summed E-state index contributed by atoms with van der Waals surface area (Å²) in [4.78, 5) is 3.98. The normalized spacial score (nSPS) is 22.2. The molecule has 3 nitrogen and oxygen atoms in total. The summed E-state index contributed by atoms with van der Waals surface area (Å²) in [6.45, 7) is 2.06. The molecule has 1 fully saturated rings. The Bertz CT molecular complexity index is 363. The van der Waals surface area contributed by atoms with E-state index in [-0.39, 0.29) is 0 Å². The highest BCUT2D eigenvalue weighted by molar-refractivity contribution is 7.84. The predicted molar refractivity (Wildman–Crippen MR) is 66.9 cm³/mol. The highest BCUT2D eigenvalue weighted by Crippen LogP contribution is 2.12. The average Bonchev–Trinajstić information content (AvgIpc) is 2.74. The smallest absolute Gasteiger partial charge is 0.129 e. The number of pyridine rings is 1. The third kappa shape index (κ3) is 3.54. The van der Waals surface area contributed by atoms with Gasteiger partial charge in [0.15, 0.2) is 0 Å². The van der Waals surface area contributed by atoms with Gasteiger partial charge in [-0.15, -0.1) is 0 Å². The Morgan fingerprint density at radius 1 is 1.56 bits per heavy atom. The highest BCUT2D eigenvalue weighted by atomic mass is 35.5. The van der Waals surface area contributed by atoms with E-state index < -0.39 is 10.8 Å². The molecule has 16 heavy (non-hydrogen) atoms. The monoisotopic (exact) mass is 258 g/mol. The summed E-state index contributed by atoms with van der Waals surface area (Å²) in [7, 11) is -0.791. The van der Waals surface area contributed by atoms with Crippen LogP contribution in [0.4, 0.5) is 0 Å². The van der Waals surface area contributed by atoms with Gasteiger partial charge in [0, 0.05) is 22.7 Å². The van der Waals surface area contributed by atoms with E-state index in [2.05, 4.69) is 10.3 Å². The number of nitrogens with zero attached hydrogens (tertiary/aromatic N) is 1. The minimum absolute atomic E-state index is 0.481. The predicted octanol–water partition coefficient (Wildman–Crippen LogP) is 1.59. The molecule has 0 saturated carbocycles. The van der Waals surface area contributed by atoms with Crippen molar-refractivity contribution >= 4 is 22.4 Å². The zero-order valence-corrected chi connectivity index (χ0v) is 10.6. The maximum absolute atomic E-state index is 11.9. The SMILES string of the molecule is O=[S@@](Cc1ccc(Cl)nc1)C[C@H]1CCNC1. The van der Waals surface area contributed by atoms with E-state index in [9.17, 15) is 4.21 Å². The molecule has 2 atom stereocenters. The molecule has 0 aliphatic carbocycles. The van der Waals surface area contributed by atoms with Crippen LogP contribution >= 0.6 is 11.6 Å². The van der Waals surface area contributed by atoms with E-state index in [0.29, 0.717) is 16.8 Å². The molecule has 88 valence electrons. The van der Waals surface area contributed by atoms with Crippen molar-refractivity contribution in [3.63, 3.8) is 0 Å². The second-order valence-electron chi connectivity index (χ2n) is 4.10. The Balaban J connectivity index is 1.84. The van der Waals surface area contributed by atoms with Gasteiger partial charge in [0.05, 0.1) is 5.75 Å². The van der Waals surface area contributed by atoms with Crippen molar-refractivity contribution < 1.29 is 4.21 Å². The lowest BCUT2D eigenvalue weighted by atomic mass is 10.2. The molecular formula is C11H15ClN2OS. The molecule has 2 heterocycles. The molecule has 0 bridgehead atoms. The number of rotatable bonds is 4. The van der Waals surface area contributed by atoms with Crippen molar-refractivity contribution in [2.75, 3.05) is 18.8 Å². The maximum Gasteiger partial charge on any atom is 0.129 e. The second kappa shape index (κ2) is 5.75. The molecule has 1 aliphatic heterocycles. The Hall–Kier alpha value is -0.450. The number of aromatic nitrogens is 1. The van der Waals surface area contributed by atoms with Gasteiger partial charge in [-0.3, -0.25) is 4.21 Å². The van der Waals surface area contributed by atoms with Gasteiger partial charge in [-0.05, 0) is 37.1 Å². The molecule has 1 aromatic heterocycles. The Kier molecular flexibility index (Phi) is 4.32. The average molecular weight is 259 g/mol. The zero-order chi connectivity index (χ0) is 11.4. The quantitative estimate of drug-likeness (QED) is 0.834. The zero-order valence-electron chi connectivity index (χ0n) is 8.99. The number of hydrogen-bond donors (Lipinski definition) is 1. The van der Waals surface area contributed by atoms with E-state index >= 15 is 0 Å². The summed E-state index contributed by atoms with van der Waals surface area (Å²) in [6, 6.07) is 3.63. The summed E-state index contributed by atoms with van der Waals surface area (Å²) in [5.74, 6) is 1.94. The first-order valence-corrected chi connectivity index (χ1v) is 7.27. The third-order valence-electron chi connectivity index (χ3n) is 2.70. The van der Waals surface area contributed by atoms with Crippen molar-refractivity contribution in [1.29, 1.82) is 0 Å². The summed E-state index contributed by atoms with van der Waals surface area (Å²) in [5, 5.41) is 3.77. The van der Waals surface area contributed by atoms with E-state index in [0.717, 1.165) is 30.8 Å². The lowest BCUT2D eigenvalue weighted by Crippen LogP contribution is -2.15. The van der Waals surface area contributed by atoms with Crippen LogP contribution in [0.3, 0.4) is 0 Å². The maximum atomic E-state index is 11.9. The molecule has 0 unspecified atom stereocenters. The number of nitrogens with one attached hydrogen (secondary N) is 1. The van der Waals surface area contributed by atoms with Gasteiger partial charge >= 0.3 is 0 Å². The summed E-state index contributed by atoms with van der Waals surface area (Å²) in [6.07, 6.45) is 2.84. The van der Waals surface area contributed by atoms with Gasteiger partial charge in [0.2, 0.25) is 0 Å². The first-order chi connectivity index (χ1) is 7.74. The molecule has 2 rings (SSSR count). The van der Waals surface area contributed by atoms with Crippen LogP contribution in [-0.2, 0) is 16.6 Å². The van der Waals surface area contributed by atoms with Crippen molar-refractivity contribution in [2.24, 2.45) is 5.92 Å². The Morgan fingerprint density at radius 2 is 2.44 bits per heavy atom. The van der Waals surface area contributed by atoms with Gasteiger partial charge in [-0.2, -0.15) is 0 Å². The van der Waals surface area contributed by atoms with Crippen molar-refractivity contribution in [1.82, 2.24) is 10.3 Å². The van der Waals surface area contributed by atoms with Crippen LogP contribution in [0.5, 0.6) is 0 Å². The fourth-order valence-electron chi connectivity index (χ4n) is 1.86. The molecular weight excluding hydrogens is 244 g/mol. The van der Waals surface area contributed by atoms with E-state index in [1.54, 1.807) is 12.3 Å². The van der Waals surface area contributed by atoms with Crippen molar-refractivity contribution in [3.8, 4) is 0 Å². The molecule has 1 aromatic rings. The third-order valence-corrected chi connectivity index (χ3v) is 4.42. The minimum atomic E-state index is -0.791. The topological polar surface area (TPSA) is 42.0 Å². The van der Waals surface area contributed by atoms with Crippen molar-refractivity contribution in [3.05, 3.63) is 29.0 Å². The van der Waals surface area contributed by atoms with Crippen LogP contribution in [0.2, 0.25) is 5.15 Å². The summed E-state index contributed by atoms with van der Waals surface area (Å²) >= 11 is 5.69. The van der Waals surface area contributed by atoms with Crippen LogP contribution in [-0.4, -0.2) is 28.0 Å². The number of halogens is 1. The molecule has 1 N–H and O–H groups in total. The second-order valence-corrected chi connectivity index (χ2v) is 5.99. The molecule has 0 spiro atoms. The van der Waals surface area contributed by atoms with E-state index in [1.165, 1.54) is 0 Å². The largest absolute Gasteiger partial charge is 0.316 e. The first kappa shape index (κ1) is 12.0. The van der Waals surface area contributed by atoms with Gasteiger partial charge < -0.3 is 5.32 Å². The van der Waals surface area contributed by atoms with Gasteiger partial charge in [0.25, 0.3) is 0 Å². The standard InChI is InChI=1S/C11H15ClN2OS/c12-11-2-1-9(6-14-11)7-16(15)8-10-3-4-13-5-10/h1-2,6,10,13H,3-5,7-8H2/t10-,16-/m0/s1. The Labute approximate surface area is 103 Å². The fraction of sp³-hybridized carbons (Fsp3) is 0.545. The molecule has 5 heteroatoms. The van der Waals surface area contributed by atoms with Gasteiger partial charge in [-0.1, -0.05) is 17.7 Å². The fourth-order valence-corrected chi connectivity index (χ4v) is 3.44. The van der Waals surface area contributed by atoms with Crippen LogP contribution in [0.1, 0.15) is 12.0 Å². The van der Waals surface area contributed by atoms with Crippen molar-refractivity contribution in [2.45, 2.75) is 12.2 Å². The van der Waals surface area contributed by atoms with E-state index in [4.69, 9.17) is 11.6 Å². The Morgan fingerprint density at radius 3 is 3.06 bits per heavy atom. The highest BCUT2D eigenvalue weighted by Gasteiger charge is 2.17. The lowest BCUT2D eigenvalue weighted by Gasteiger charge is -2.07. The molecule has 1 saturated heterocycles. The summed E-state index contributed by atoms with van der Waals surface area (Å²) in [5.41, 5.74) is 0.994. The van der Waals surface area contributed by atoms with Crippen LogP contribution in [0.25, 0.3) is 0 Å². The molecule has 0 aromatic carbocycles. The first-order valence-electron chi connectivity index (χ1n) is 5.40. The summed E-state index contributed by atoms with van der Waals surface area (Å²) < 4.78 is 11.9. The lowest BCUT2D eigenvalue weighted by molar-refractivity contribution is 0.632. The van der Waals surface area contributed by atoms with Crippen LogP contribution in [0, 0.1) is 5.92 Å². The molecule has 0 amide bonds. The van der Waals surface area contributed by atoms with Gasteiger partial charge in [-0.25, -0.2) is 4.98 Å². The molecule has 1 aliphatic rings. The number of hydrogen-bond acceptors (Lipinski definition) is 3. The van der Waals surface area contributed by atoms with Gasteiger partial charge in [0.1, 0.15) is 5.15 Å². The van der Waals surface area contributed by atoms with E-state index in [1.807, 2.05) is 6.07 Å².